The summed E-state index contributed by atoms with van der Waals surface area (Å²) in [6, 6.07) is 26.5. The Kier molecular flexibility index (Phi) is 10.9. The lowest BCUT2D eigenvalue weighted by Gasteiger charge is -2.22. The van der Waals surface area contributed by atoms with Crippen LogP contribution < -0.4 is 5.32 Å². The van der Waals surface area contributed by atoms with E-state index in [0.717, 1.165) is 17.1 Å². The highest BCUT2D eigenvalue weighted by Gasteiger charge is 2.37. The summed E-state index contributed by atoms with van der Waals surface area (Å²) >= 11 is 0. The van der Waals surface area contributed by atoms with Crippen molar-refractivity contribution in [2.24, 2.45) is 9.98 Å². The Hall–Kier alpha value is -5.84. The van der Waals surface area contributed by atoms with E-state index in [2.05, 4.69) is 10.3 Å². The molecular formula is C44H38N4O12S4. The first kappa shape index (κ1) is 43.4. The third kappa shape index (κ3) is 8.46. The molecule has 0 amide bonds. The van der Waals surface area contributed by atoms with Crippen molar-refractivity contribution in [3.05, 3.63) is 160 Å². The molecule has 64 heavy (non-hydrogen) atoms. The number of allylic oxidation sites excluding steroid dienone is 4. The van der Waals surface area contributed by atoms with Gasteiger partial charge in [-0.3, -0.25) is 28.2 Å². The number of benzene rings is 4. The van der Waals surface area contributed by atoms with Gasteiger partial charge in [-0.2, -0.15) is 33.7 Å². The summed E-state index contributed by atoms with van der Waals surface area (Å²) in [5, 5.41) is 3.62. The van der Waals surface area contributed by atoms with Gasteiger partial charge < -0.3 is 10.3 Å². The lowest BCUT2D eigenvalue weighted by atomic mass is 9.85. The molecule has 5 aromatic rings. The lowest BCUT2D eigenvalue weighted by Crippen LogP contribution is -2.22. The minimum Gasteiger partial charge on any atom is -0.361 e. The van der Waals surface area contributed by atoms with Crippen LogP contribution in [0.3, 0.4) is 0 Å². The summed E-state index contributed by atoms with van der Waals surface area (Å²) in [6.07, 6.45) is 2.85. The molecule has 9 rings (SSSR count). The van der Waals surface area contributed by atoms with Gasteiger partial charge in [0.15, 0.2) is 0 Å². The molecule has 6 N–H and O–H groups in total. The fourth-order valence-corrected chi connectivity index (χ4v) is 10.9. The Morgan fingerprint density at radius 3 is 1.38 bits per heavy atom. The first-order valence-corrected chi connectivity index (χ1v) is 25.6. The van der Waals surface area contributed by atoms with Crippen molar-refractivity contribution in [2.75, 3.05) is 0 Å². The van der Waals surface area contributed by atoms with Crippen LogP contribution in [0.1, 0.15) is 78.1 Å². The van der Waals surface area contributed by atoms with Gasteiger partial charge in [-0.25, -0.2) is 0 Å². The van der Waals surface area contributed by atoms with Gasteiger partial charge in [0, 0.05) is 56.8 Å². The molecule has 330 valence electrons. The maximum Gasteiger partial charge on any atom is 0.294 e. The van der Waals surface area contributed by atoms with Crippen LogP contribution in [0.25, 0.3) is 16.7 Å². The van der Waals surface area contributed by atoms with Gasteiger partial charge in [-0.1, -0.05) is 48.5 Å². The zero-order valence-electron chi connectivity index (χ0n) is 33.4. The standard InChI is InChI=1S/C44H38N4O12S4/c49-61(50,51)29-9-1-25(2-10-29)41-33-17-19-35(45-33)42(26-3-11-30(12-4-26)62(52,53)54)37-21-23-39(47-37)44(28-7-15-32(16-8-28)64(58,59)60)40-24-22-38(48-40)43(36-20-18-34(41)46-36)27-5-13-31(14-6-27)63(55,56)57/h1-17,19,38,43,45,47H,18,20-24H2,(H,49,50,51)(H,52,53,54)(H,55,56,57)(H,58,59,60)/b41-34-,42-37-,44-39?. The number of aliphatic imine (C=N–C) groups is 2. The van der Waals surface area contributed by atoms with Crippen molar-refractivity contribution >= 4 is 68.6 Å². The minimum atomic E-state index is -4.51. The van der Waals surface area contributed by atoms with Crippen molar-refractivity contribution in [1.29, 1.82) is 0 Å². The van der Waals surface area contributed by atoms with Crippen LogP contribution in [0.15, 0.2) is 156 Å². The average Bonchev–Trinajstić information content (AvgIpc) is 4.08. The third-order valence-corrected chi connectivity index (χ3v) is 15.3. The van der Waals surface area contributed by atoms with E-state index in [-0.39, 0.29) is 19.6 Å². The predicted octanol–water partition coefficient (Wildman–Crippen LogP) is 6.95. The first-order chi connectivity index (χ1) is 30.2. The zero-order valence-corrected chi connectivity index (χ0v) is 36.6. The summed E-state index contributed by atoms with van der Waals surface area (Å²) < 4.78 is 136. The number of aromatic nitrogens is 1. The third-order valence-electron chi connectivity index (χ3n) is 11.8. The van der Waals surface area contributed by atoms with E-state index >= 15 is 0 Å². The Morgan fingerprint density at radius 1 is 0.469 bits per heavy atom. The second-order valence-electron chi connectivity index (χ2n) is 15.7. The van der Waals surface area contributed by atoms with Gasteiger partial charge >= 0.3 is 0 Å². The SMILES string of the molecule is O=S(=O)(O)c1ccc(C2=C3CC/C(=C(\c4ccc(S(=O)(=O)O)cc4)c4ccc([nH]4)/C(c4ccc(S(=O)(=O)O)cc4)=C4/CCC(=N4)C(c4ccc(S(=O)(=O)O)cc4)C4CCC2=N4)N3)cc1. The molecule has 0 radical (unpaired) electrons. The molecule has 2 atom stereocenters. The van der Waals surface area contributed by atoms with E-state index in [1.165, 1.54) is 48.5 Å². The number of nitrogens with zero attached hydrogens (tertiary/aromatic N) is 2. The fraction of sp³-hybridized carbons (Fsp3) is 0.182. The Balaban J connectivity index is 1.30. The summed E-state index contributed by atoms with van der Waals surface area (Å²) in [4.78, 5) is 13.0. The zero-order chi connectivity index (χ0) is 45.3. The molecule has 20 heteroatoms. The van der Waals surface area contributed by atoms with Crippen molar-refractivity contribution < 1.29 is 51.9 Å². The molecule has 1 fully saturated rings. The minimum absolute atomic E-state index is 0.280. The van der Waals surface area contributed by atoms with Gasteiger partial charge in [-0.15, -0.1) is 0 Å². The second-order valence-corrected chi connectivity index (χ2v) is 21.4. The summed E-state index contributed by atoms with van der Waals surface area (Å²) in [5.74, 6) is -0.474. The predicted molar refractivity (Wildman–Crippen MR) is 237 cm³/mol. The molecule has 4 aliphatic heterocycles. The number of aromatic amines is 1. The number of nitrogens with one attached hydrogen (secondary N) is 2. The van der Waals surface area contributed by atoms with Gasteiger partial charge in [0.1, 0.15) is 0 Å². The topological polar surface area (TPSA) is 270 Å². The van der Waals surface area contributed by atoms with Crippen molar-refractivity contribution in [3.8, 4) is 0 Å². The molecule has 16 nitrogen and oxygen atoms in total. The number of hydrogen-bond donors (Lipinski definition) is 6. The number of fused-ring (bicyclic) bond motifs is 6. The number of rotatable bonds is 8. The second kappa shape index (κ2) is 16.0. The molecule has 0 saturated carbocycles. The largest absolute Gasteiger partial charge is 0.361 e. The quantitative estimate of drug-likeness (QED) is 0.0861. The van der Waals surface area contributed by atoms with Crippen LogP contribution in [0, 0.1) is 0 Å². The monoisotopic (exact) mass is 942 g/mol. The van der Waals surface area contributed by atoms with Crippen LogP contribution in [0.2, 0.25) is 0 Å². The molecule has 8 bridgehead atoms. The van der Waals surface area contributed by atoms with E-state index in [4.69, 9.17) is 9.98 Å². The summed E-state index contributed by atoms with van der Waals surface area (Å²) in [6.45, 7) is 0. The highest BCUT2D eigenvalue weighted by atomic mass is 32.2. The Bertz CT molecular complexity index is 3370. The van der Waals surface area contributed by atoms with E-state index in [0.29, 0.717) is 100 Å². The van der Waals surface area contributed by atoms with Crippen LogP contribution in [0.5, 0.6) is 0 Å². The van der Waals surface area contributed by atoms with Crippen LogP contribution >= 0.6 is 0 Å². The highest BCUT2D eigenvalue weighted by molar-refractivity contribution is 7.86. The number of hydrogen-bond acceptors (Lipinski definition) is 11. The molecule has 1 saturated heterocycles. The Labute approximate surface area is 368 Å². The highest BCUT2D eigenvalue weighted by Crippen LogP contribution is 2.43. The maximum atomic E-state index is 12.1. The molecular weight excluding hydrogens is 905 g/mol. The fourth-order valence-electron chi connectivity index (χ4n) is 8.95. The van der Waals surface area contributed by atoms with Crippen LogP contribution in [0.4, 0.5) is 0 Å². The van der Waals surface area contributed by atoms with Crippen molar-refractivity contribution in [1.82, 2.24) is 10.3 Å². The normalized spacial score (nSPS) is 21.8. The average molecular weight is 943 g/mol. The van der Waals surface area contributed by atoms with E-state index in [1.807, 2.05) is 12.1 Å². The van der Waals surface area contributed by atoms with Gasteiger partial charge in [0.2, 0.25) is 0 Å². The van der Waals surface area contributed by atoms with E-state index in [1.54, 1.807) is 48.5 Å². The smallest absolute Gasteiger partial charge is 0.294 e. The summed E-state index contributed by atoms with van der Waals surface area (Å²) in [5.41, 5.74) is 9.29. The summed E-state index contributed by atoms with van der Waals surface area (Å²) in [7, 11) is -18.0. The van der Waals surface area contributed by atoms with E-state index < -0.39 is 52.4 Å². The van der Waals surface area contributed by atoms with E-state index in [9.17, 15) is 51.9 Å². The Morgan fingerprint density at radius 2 is 0.891 bits per heavy atom. The van der Waals surface area contributed by atoms with Crippen LogP contribution in [-0.2, 0) is 40.5 Å². The molecule has 4 aromatic carbocycles. The lowest BCUT2D eigenvalue weighted by molar-refractivity contribution is 0.481. The van der Waals surface area contributed by atoms with Crippen molar-refractivity contribution in [3.63, 3.8) is 0 Å². The van der Waals surface area contributed by atoms with Gasteiger partial charge in [-0.05, 0) is 121 Å². The first-order valence-electron chi connectivity index (χ1n) is 19.8. The molecule has 2 unspecified atom stereocenters. The van der Waals surface area contributed by atoms with Gasteiger partial charge in [0.05, 0.1) is 31.3 Å². The molecule has 1 aromatic heterocycles. The van der Waals surface area contributed by atoms with Crippen LogP contribution in [-0.4, -0.2) is 74.3 Å². The number of H-pyrrole nitrogens is 1. The molecule has 0 aliphatic carbocycles. The van der Waals surface area contributed by atoms with Crippen molar-refractivity contribution in [2.45, 2.75) is 70.1 Å². The van der Waals surface area contributed by atoms with Gasteiger partial charge in [0.25, 0.3) is 40.5 Å². The molecule has 0 spiro atoms. The maximum absolute atomic E-state index is 12.1. The molecule has 4 aliphatic rings. The molecule has 5 heterocycles.